The number of nitrogens with zero attached hydrogens (tertiary/aromatic N) is 1. The number of carbonyl (C=O) groups excluding carboxylic acids is 1. The van der Waals surface area contributed by atoms with Crippen LogP contribution in [-0.4, -0.2) is 28.7 Å². The number of benzene rings is 1. The van der Waals surface area contributed by atoms with E-state index in [-0.39, 0.29) is 17.0 Å². The minimum atomic E-state index is -0.407. The SMILES string of the molecule is CC(=O)c1cn(C2CCCCCC2)c2ccc(B3OC(C)(C)C(C)(C)O3)cc12. The molecule has 4 rings (SSSR count). The third kappa shape index (κ3) is 3.33. The Labute approximate surface area is 168 Å². The second kappa shape index (κ2) is 7.03. The molecule has 4 nitrogen and oxygen atoms in total. The zero-order chi connectivity index (χ0) is 20.1. The Morgan fingerprint density at radius 3 is 2.21 bits per heavy atom. The summed E-state index contributed by atoms with van der Waals surface area (Å²) in [5.41, 5.74) is 2.19. The average molecular weight is 381 g/mol. The Bertz CT molecular complexity index is 875. The van der Waals surface area contributed by atoms with E-state index in [1.807, 2.05) is 0 Å². The molecule has 2 aromatic rings. The number of aromatic nitrogens is 1. The van der Waals surface area contributed by atoms with Crippen LogP contribution in [0.3, 0.4) is 0 Å². The number of ketones is 1. The van der Waals surface area contributed by atoms with Gasteiger partial charge < -0.3 is 13.9 Å². The number of hydrogen-bond acceptors (Lipinski definition) is 3. The summed E-state index contributed by atoms with van der Waals surface area (Å²) in [6, 6.07) is 6.83. The molecule has 0 radical (unpaired) electrons. The van der Waals surface area contributed by atoms with Crippen molar-refractivity contribution in [2.75, 3.05) is 0 Å². The molecule has 1 aromatic heterocycles. The normalized spacial score (nSPS) is 22.5. The van der Waals surface area contributed by atoms with Crippen molar-refractivity contribution < 1.29 is 14.1 Å². The van der Waals surface area contributed by atoms with Gasteiger partial charge in [0.2, 0.25) is 0 Å². The molecule has 0 unspecified atom stereocenters. The maximum absolute atomic E-state index is 12.4. The van der Waals surface area contributed by atoms with E-state index in [9.17, 15) is 4.79 Å². The van der Waals surface area contributed by atoms with E-state index in [0.717, 1.165) is 21.9 Å². The molecule has 0 spiro atoms. The second-order valence-corrected chi connectivity index (χ2v) is 9.52. The Kier molecular flexibility index (Phi) is 4.95. The van der Waals surface area contributed by atoms with Gasteiger partial charge in [-0.1, -0.05) is 37.8 Å². The quantitative estimate of drug-likeness (QED) is 0.425. The first-order valence-electron chi connectivity index (χ1n) is 10.7. The maximum Gasteiger partial charge on any atom is 0.494 e. The summed E-state index contributed by atoms with van der Waals surface area (Å²) in [7, 11) is -0.407. The van der Waals surface area contributed by atoms with Crippen molar-refractivity contribution in [2.24, 2.45) is 0 Å². The first kappa shape index (κ1) is 19.7. The Balaban J connectivity index is 1.75. The van der Waals surface area contributed by atoms with Crippen LogP contribution in [0.25, 0.3) is 10.9 Å². The van der Waals surface area contributed by atoms with Crippen molar-refractivity contribution >= 4 is 29.3 Å². The van der Waals surface area contributed by atoms with Crippen LogP contribution in [0.5, 0.6) is 0 Å². The summed E-state index contributed by atoms with van der Waals surface area (Å²) < 4.78 is 14.8. The molecule has 1 saturated carbocycles. The first-order valence-corrected chi connectivity index (χ1v) is 10.7. The van der Waals surface area contributed by atoms with Crippen LogP contribution < -0.4 is 5.46 Å². The van der Waals surface area contributed by atoms with Gasteiger partial charge in [0.15, 0.2) is 5.78 Å². The molecule has 2 fully saturated rings. The monoisotopic (exact) mass is 381 g/mol. The summed E-state index contributed by atoms with van der Waals surface area (Å²) in [4.78, 5) is 12.4. The standard InChI is InChI=1S/C23H32BNO3/c1-16(26)20-15-25(18-10-8-6-7-9-11-18)21-13-12-17(14-19(20)21)24-27-22(2,3)23(4,5)28-24/h12-15,18H,6-11H2,1-5H3. The fraction of sp³-hybridized carbons (Fsp3) is 0.609. The molecule has 2 heterocycles. The van der Waals surface area contributed by atoms with Crippen molar-refractivity contribution in [3.05, 3.63) is 30.0 Å². The molecule has 0 amide bonds. The highest BCUT2D eigenvalue weighted by molar-refractivity contribution is 6.62. The van der Waals surface area contributed by atoms with Crippen molar-refractivity contribution in [1.82, 2.24) is 4.57 Å². The minimum Gasteiger partial charge on any atom is -0.399 e. The lowest BCUT2D eigenvalue weighted by atomic mass is 9.78. The van der Waals surface area contributed by atoms with E-state index in [4.69, 9.17) is 9.31 Å². The third-order valence-corrected chi connectivity index (χ3v) is 6.98. The third-order valence-electron chi connectivity index (χ3n) is 6.98. The highest BCUT2D eigenvalue weighted by atomic mass is 16.7. The van der Waals surface area contributed by atoms with Crippen molar-refractivity contribution in [3.63, 3.8) is 0 Å². The molecule has 0 N–H and O–H groups in total. The topological polar surface area (TPSA) is 40.5 Å². The van der Waals surface area contributed by atoms with E-state index in [1.54, 1.807) is 6.92 Å². The largest absolute Gasteiger partial charge is 0.494 e. The number of Topliss-reactive ketones (excluding diaryl/α,β-unsaturated/α-hetero) is 1. The fourth-order valence-corrected chi connectivity index (χ4v) is 4.52. The van der Waals surface area contributed by atoms with Crippen LogP contribution >= 0.6 is 0 Å². The average Bonchev–Trinajstić information content (AvgIpc) is 2.94. The van der Waals surface area contributed by atoms with Gasteiger partial charge in [-0.3, -0.25) is 4.79 Å². The Morgan fingerprint density at radius 1 is 1.04 bits per heavy atom. The van der Waals surface area contributed by atoms with E-state index in [0.29, 0.717) is 6.04 Å². The van der Waals surface area contributed by atoms with Gasteiger partial charge in [-0.05, 0) is 59.0 Å². The maximum atomic E-state index is 12.4. The summed E-state index contributed by atoms with van der Waals surface area (Å²) >= 11 is 0. The van der Waals surface area contributed by atoms with Gasteiger partial charge >= 0.3 is 7.12 Å². The highest BCUT2D eigenvalue weighted by Crippen LogP contribution is 2.37. The van der Waals surface area contributed by atoms with Crippen LogP contribution in [0, 0.1) is 0 Å². The molecule has 1 aliphatic carbocycles. The lowest BCUT2D eigenvalue weighted by Crippen LogP contribution is -2.41. The van der Waals surface area contributed by atoms with E-state index in [2.05, 4.69) is 56.7 Å². The Morgan fingerprint density at radius 2 is 1.64 bits per heavy atom. The van der Waals surface area contributed by atoms with Crippen LogP contribution in [0.4, 0.5) is 0 Å². The van der Waals surface area contributed by atoms with E-state index >= 15 is 0 Å². The molecule has 1 aromatic carbocycles. The van der Waals surface area contributed by atoms with Gasteiger partial charge in [0.1, 0.15) is 0 Å². The van der Waals surface area contributed by atoms with Gasteiger partial charge in [-0.2, -0.15) is 0 Å². The van der Waals surface area contributed by atoms with Crippen LogP contribution in [0.1, 0.15) is 89.5 Å². The van der Waals surface area contributed by atoms with Crippen LogP contribution in [0.2, 0.25) is 0 Å². The predicted octanol–water partition coefficient (Wildman–Crippen LogP) is 5.04. The van der Waals surface area contributed by atoms with Crippen molar-refractivity contribution in [2.45, 2.75) is 90.4 Å². The lowest BCUT2D eigenvalue weighted by molar-refractivity contribution is 0.00578. The number of hydrogen-bond donors (Lipinski definition) is 0. The molecular weight excluding hydrogens is 349 g/mol. The zero-order valence-corrected chi connectivity index (χ0v) is 17.9. The first-order chi connectivity index (χ1) is 13.2. The van der Waals surface area contributed by atoms with Crippen molar-refractivity contribution in [3.8, 4) is 0 Å². The zero-order valence-electron chi connectivity index (χ0n) is 17.9. The van der Waals surface area contributed by atoms with Crippen LogP contribution in [-0.2, 0) is 9.31 Å². The lowest BCUT2D eigenvalue weighted by Gasteiger charge is -2.32. The van der Waals surface area contributed by atoms with Crippen molar-refractivity contribution in [1.29, 1.82) is 0 Å². The molecule has 0 atom stereocenters. The molecule has 5 heteroatoms. The smallest absolute Gasteiger partial charge is 0.399 e. The van der Waals surface area contributed by atoms with Gasteiger partial charge in [0.25, 0.3) is 0 Å². The molecule has 1 saturated heterocycles. The molecule has 1 aliphatic heterocycles. The van der Waals surface area contributed by atoms with Gasteiger partial charge in [0, 0.05) is 28.7 Å². The molecule has 150 valence electrons. The number of fused-ring (bicyclic) bond motifs is 1. The van der Waals surface area contributed by atoms with Crippen LogP contribution in [0.15, 0.2) is 24.4 Å². The van der Waals surface area contributed by atoms with Gasteiger partial charge in [-0.25, -0.2) is 0 Å². The molecule has 28 heavy (non-hydrogen) atoms. The second-order valence-electron chi connectivity index (χ2n) is 9.52. The van der Waals surface area contributed by atoms with E-state index in [1.165, 1.54) is 38.5 Å². The summed E-state index contributed by atoms with van der Waals surface area (Å²) in [6.07, 6.45) is 9.65. The number of rotatable bonds is 3. The summed E-state index contributed by atoms with van der Waals surface area (Å²) in [6.45, 7) is 9.92. The Hall–Kier alpha value is -1.59. The summed E-state index contributed by atoms with van der Waals surface area (Å²) in [5.74, 6) is 0.114. The van der Waals surface area contributed by atoms with Gasteiger partial charge in [0.05, 0.1) is 11.2 Å². The molecule has 0 bridgehead atoms. The summed E-state index contributed by atoms with van der Waals surface area (Å²) in [5, 5.41) is 1.02. The minimum absolute atomic E-state index is 0.114. The van der Waals surface area contributed by atoms with Gasteiger partial charge in [-0.15, -0.1) is 0 Å². The number of carbonyl (C=O) groups is 1. The molecular formula is C23H32BNO3. The predicted molar refractivity (Wildman–Crippen MR) is 114 cm³/mol. The van der Waals surface area contributed by atoms with E-state index < -0.39 is 7.12 Å². The highest BCUT2D eigenvalue weighted by Gasteiger charge is 2.51. The molecule has 2 aliphatic rings. The fourth-order valence-electron chi connectivity index (χ4n) is 4.52.